The second kappa shape index (κ2) is 5.75. The van der Waals surface area contributed by atoms with Gasteiger partial charge in [-0.25, -0.2) is 8.78 Å². The zero-order valence-electron chi connectivity index (χ0n) is 11.4. The van der Waals surface area contributed by atoms with Gasteiger partial charge in [0.05, 0.1) is 10.2 Å². The van der Waals surface area contributed by atoms with E-state index in [4.69, 9.17) is 0 Å². The Morgan fingerprint density at radius 1 is 1.26 bits per heavy atom. The normalized spacial score (nSPS) is 28.4. The van der Waals surface area contributed by atoms with Crippen molar-refractivity contribution < 1.29 is 8.78 Å². The summed E-state index contributed by atoms with van der Waals surface area (Å²) in [5, 5.41) is 3.16. The van der Waals surface area contributed by atoms with Crippen molar-refractivity contribution in [2.75, 3.05) is 18.9 Å². The van der Waals surface area contributed by atoms with Crippen LogP contribution in [0.15, 0.2) is 16.6 Å². The van der Waals surface area contributed by atoms with E-state index < -0.39 is 11.6 Å². The first-order valence-corrected chi connectivity index (χ1v) is 7.29. The predicted octanol–water partition coefficient (Wildman–Crippen LogP) is 3.87. The molecule has 0 aromatic heterocycles. The molecule has 1 aliphatic rings. The molecule has 3 unspecified atom stereocenters. The average molecular weight is 333 g/mol. The maximum absolute atomic E-state index is 13.8. The molecule has 1 aliphatic heterocycles. The minimum Gasteiger partial charge on any atom is -0.379 e. The van der Waals surface area contributed by atoms with Crippen LogP contribution in [0.4, 0.5) is 14.5 Å². The third-order valence-corrected chi connectivity index (χ3v) is 4.57. The van der Waals surface area contributed by atoms with Crippen LogP contribution in [0.1, 0.15) is 20.3 Å². The number of anilines is 1. The maximum atomic E-state index is 13.8. The quantitative estimate of drug-likeness (QED) is 0.827. The van der Waals surface area contributed by atoms with Crippen molar-refractivity contribution in [3.8, 4) is 0 Å². The van der Waals surface area contributed by atoms with Gasteiger partial charge >= 0.3 is 0 Å². The van der Waals surface area contributed by atoms with Gasteiger partial charge in [-0.2, -0.15) is 0 Å². The highest BCUT2D eigenvalue weighted by Crippen LogP contribution is 2.28. The molecular weight excluding hydrogens is 314 g/mol. The molecule has 3 atom stereocenters. The molecular formula is C14H19BrF2N2. The minimum absolute atomic E-state index is 0.153. The summed E-state index contributed by atoms with van der Waals surface area (Å²) in [5.41, 5.74) is 0.245. The van der Waals surface area contributed by atoms with Crippen molar-refractivity contribution in [3.63, 3.8) is 0 Å². The molecule has 5 heteroatoms. The monoisotopic (exact) mass is 332 g/mol. The second-order valence-corrected chi connectivity index (χ2v) is 6.35. The van der Waals surface area contributed by atoms with Crippen LogP contribution < -0.4 is 5.32 Å². The van der Waals surface area contributed by atoms with Crippen LogP contribution >= 0.6 is 15.9 Å². The Hall–Kier alpha value is -0.680. The topological polar surface area (TPSA) is 15.3 Å². The van der Waals surface area contributed by atoms with Crippen LogP contribution in [0.5, 0.6) is 0 Å². The molecule has 0 amide bonds. The van der Waals surface area contributed by atoms with Gasteiger partial charge in [0.1, 0.15) is 11.6 Å². The number of likely N-dealkylation sites (tertiary alicyclic amines) is 1. The van der Waals surface area contributed by atoms with Crippen molar-refractivity contribution in [3.05, 3.63) is 28.2 Å². The summed E-state index contributed by atoms with van der Waals surface area (Å²) in [5.74, 6) is -0.475. The largest absolute Gasteiger partial charge is 0.379 e. The maximum Gasteiger partial charge on any atom is 0.147 e. The van der Waals surface area contributed by atoms with Crippen LogP contribution in [0.2, 0.25) is 0 Å². The molecule has 2 rings (SSSR count). The van der Waals surface area contributed by atoms with Crippen LogP contribution in [-0.4, -0.2) is 30.6 Å². The van der Waals surface area contributed by atoms with Crippen molar-refractivity contribution in [1.82, 2.24) is 4.90 Å². The summed E-state index contributed by atoms with van der Waals surface area (Å²) in [4.78, 5) is 2.29. The molecule has 19 heavy (non-hydrogen) atoms. The molecule has 1 fully saturated rings. The Morgan fingerprint density at radius 3 is 2.63 bits per heavy atom. The van der Waals surface area contributed by atoms with Crippen molar-refractivity contribution in [2.24, 2.45) is 5.92 Å². The van der Waals surface area contributed by atoms with E-state index in [9.17, 15) is 8.78 Å². The number of benzene rings is 1. The Labute approximate surface area is 121 Å². The van der Waals surface area contributed by atoms with E-state index in [2.05, 4.69) is 47.0 Å². The number of nitrogens with zero attached hydrogens (tertiary/aromatic N) is 1. The lowest BCUT2D eigenvalue weighted by Crippen LogP contribution is -2.48. The van der Waals surface area contributed by atoms with Crippen molar-refractivity contribution in [2.45, 2.75) is 32.4 Å². The molecule has 1 N–H and O–H groups in total. The van der Waals surface area contributed by atoms with Crippen LogP contribution in [0.3, 0.4) is 0 Å². The second-order valence-electron chi connectivity index (χ2n) is 5.50. The van der Waals surface area contributed by atoms with Gasteiger partial charge < -0.3 is 10.2 Å². The molecule has 1 aromatic carbocycles. The number of piperidine rings is 1. The summed E-state index contributed by atoms with van der Waals surface area (Å²) in [6.07, 6.45) is 0.925. The van der Waals surface area contributed by atoms with Gasteiger partial charge in [-0.05, 0) is 48.3 Å². The van der Waals surface area contributed by atoms with E-state index in [0.29, 0.717) is 12.0 Å². The summed E-state index contributed by atoms with van der Waals surface area (Å²) >= 11 is 2.99. The van der Waals surface area contributed by atoms with Crippen LogP contribution in [0, 0.1) is 17.6 Å². The first kappa shape index (κ1) is 14.7. The third-order valence-electron chi connectivity index (χ3n) is 3.96. The molecule has 2 nitrogen and oxygen atoms in total. The Kier molecular flexibility index (Phi) is 4.46. The molecule has 0 radical (unpaired) electrons. The molecule has 1 saturated heterocycles. The van der Waals surface area contributed by atoms with Gasteiger partial charge in [0.15, 0.2) is 0 Å². The van der Waals surface area contributed by atoms with E-state index in [1.165, 1.54) is 12.1 Å². The van der Waals surface area contributed by atoms with E-state index in [1.807, 2.05) is 0 Å². The van der Waals surface area contributed by atoms with Gasteiger partial charge in [-0.3, -0.25) is 0 Å². The zero-order chi connectivity index (χ0) is 14.2. The first-order chi connectivity index (χ1) is 8.88. The van der Waals surface area contributed by atoms with E-state index in [0.717, 1.165) is 13.0 Å². The fraction of sp³-hybridized carbons (Fsp3) is 0.571. The zero-order valence-corrected chi connectivity index (χ0v) is 13.0. The number of rotatable bonds is 2. The molecule has 1 aromatic rings. The third kappa shape index (κ3) is 3.26. The SMILES string of the molecule is CC1CN(C)C(C)CC1Nc1cc(F)c(Br)cc1F. The predicted molar refractivity (Wildman–Crippen MR) is 77.3 cm³/mol. The summed E-state index contributed by atoms with van der Waals surface area (Å²) < 4.78 is 27.5. The molecule has 1 heterocycles. The summed E-state index contributed by atoms with van der Waals surface area (Å²) in [6, 6.07) is 2.99. The summed E-state index contributed by atoms with van der Waals surface area (Å²) in [7, 11) is 2.09. The first-order valence-electron chi connectivity index (χ1n) is 6.49. The van der Waals surface area contributed by atoms with Gasteiger partial charge in [-0.1, -0.05) is 6.92 Å². The molecule has 0 bridgehead atoms. The molecule has 0 spiro atoms. The number of halogens is 3. The Morgan fingerprint density at radius 2 is 1.95 bits per heavy atom. The number of hydrogen-bond acceptors (Lipinski definition) is 2. The number of hydrogen-bond donors (Lipinski definition) is 1. The van der Waals surface area contributed by atoms with E-state index in [-0.39, 0.29) is 16.2 Å². The van der Waals surface area contributed by atoms with Gasteiger partial charge in [0.2, 0.25) is 0 Å². The van der Waals surface area contributed by atoms with E-state index in [1.54, 1.807) is 0 Å². The smallest absolute Gasteiger partial charge is 0.147 e. The lowest BCUT2D eigenvalue weighted by atomic mass is 9.89. The van der Waals surface area contributed by atoms with Gasteiger partial charge in [0.25, 0.3) is 0 Å². The minimum atomic E-state index is -0.447. The fourth-order valence-corrected chi connectivity index (χ4v) is 2.89. The number of nitrogens with one attached hydrogen (secondary N) is 1. The van der Waals surface area contributed by atoms with Gasteiger partial charge in [0, 0.05) is 24.7 Å². The standard InChI is InChI=1S/C14H19BrF2N2/c1-8-7-19(3)9(2)4-13(8)18-14-6-11(16)10(15)5-12(14)17/h5-6,8-9,13,18H,4,7H2,1-3H3. The van der Waals surface area contributed by atoms with E-state index >= 15 is 0 Å². The molecule has 106 valence electrons. The lowest BCUT2D eigenvalue weighted by Gasteiger charge is -2.40. The highest BCUT2D eigenvalue weighted by Gasteiger charge is 2.29. The highest BCUT2D eigenvalue weighted by molar-refractivity contribution is 9.10. The van der Waals surface area contributed by atoms with Crippen LogP contribution in [0.25, 0.3) is 0 Å². The average Bonchev–Trinajstić information content (AvgIpc) is 2.32. The Bertz CT molecular complexity index is 467. The Balaban J connectivity index is 2.15. The lowest BCUT2D eigenvalue weighted by molar-refractivity contribution is 0.145. The molecule has 0 saturated carbocycles. The van der Waals surface area contributed by atoms with Gasteiger partial charge in [-0.15, -0.1) is 0 Å². The van der Waals surface area contributed by atoms with Crippen molar-refractivity contribution in [1.29, 1.82) is 0 Å². The molecule has 0 aliphatic carbocycles. The summed E-state index contributed by atoms with van der Waals surface area (Å²) in [6.45, 7) is 5.24. The van der Waals surface area contributed by atoms with Crippen molar-refractivity contribution >= 4 is 21.6 Å². The highest BCUT2D eigenvalue weighted by atomic mass is 79.9. The van der Waals surface area contributed by atoms with Crippen LogP contribution in [-0.2, 0) is 0 Å². The fourth-order valence-electron chi connectivity index (χ4n) is 2.58.